The number of nitrogens with zero attached hydrogens (tertiary/aromatic N) is 2. The number of rotatable bonds is 2. The van der Waals surface area contributed by atoms with Crippen LogP contribution in [0.3, 0.4) is 0 Å². The quantitative estimate of drug-likeness (QED) is 0.737. The van der Waals surface area contributed by atoms with Crippen molar-refractivity contribution in [3.63, 3.8) is 0 Å². The summed E-state index contributed by atoms with van der Waals surface area (Å²) in [4.78, 5) is 11.2. The Bertz CT molecular complexity index is 844. The maximum atomic E-state index is 11.5. The maximum absolute atomic E-state index is 11.5. The van der Waals surface area contributed by atoms with Gasteiger partial charge in [-0.3, -0.25) is 9.97 Å². The summed E-state index contributed by atoms with van der Waals surface area (Å²) in [5.41, 5.74) is 2.10. The molecule has 0 bridgehead atoms. The van der Waals surface area contributed by atoms with Crippen LogP contribution in [0, 0.1) is 0 Å². The number of aromatic amines is 1. The number of hydrogen-bond donors (Lipinski definition) is 1. The highest BCUT2D eigenvalue weighted by molar-refractivity contribution is 8.14. The third-order valence-corrected chi connectivity index (χ3v) is 4.14. The molecule has 0 spiro atoms. The van der Waals surface area contributed by atoms with Gasteiger partial charge < -0.3 is 4.98 Å². The summed E-state index contributed by atoms with van der Waals surface area (Å²) in [5.74, 6) is 0. The Labute approximate surface area is 113 Å². The third-order valence-electron chi connectivity index (χ3n) is 2.78. The van der Waals surface area contributed by atoms with Gasteiger partial charge in [0.25, 0.3) is 9.05 Å². The molecule has 0 saturated carbocycles. The second-order valence-corrected chi connectivity index (χ2v) is 6.44. The molecule has 0 aliphatic heterocycles. The van der Waals surface area contributed by atoms with Crippen molar-refractivity contribution < 1.29 is 8.42 Å². The summed E-state index contributed by atoms with van der Waals surface area (Å²) >= 11 is 0. The molecule has 0 fully saturated rings. The van der Waals surface area contributed by atoms with Crippen LogP contribution in [0.1, 0.15) is 0 Å². The minimum absolute atomic E-state index is 0.0647. The molecule has 0 radical (unpaired) electrons. The average Bonchev–Trinajstić information content (AvgIpc) is 2.83. The second kappa shape index (κ2) is 4.32. The SMILES string of the molecule is O=S(=O)(Cl)c1c[nH]c2c(-c3cnccn3)cccc12. The molecule has 1 aromatic carbocycles. The van der Waals surface area contributed by atoms with Crippen LogP contribution in [0.15, 0.2) is 47.9 Å². The van der Waals surface area contributed by atoms with Crippen LogP contribution in [0.5, 0.6) is 0 Å². The van der Waals surface area contributed by atoms with Gasteiger partial charge in [0.05, 0.1) is 17.4 Å². The standard InChI is InChI=1S/C12H8ClN3O2S/c13-19(17,18)11-7-16-12-8(2-1-3-9(11)12)10-6-14-4-5-15-10/h1-7,16H. The lowest BCUT2D eigenvalue weighted by Gasteiger charge is -2.02. The summed E-state index contributed by atoms with van der Waals surface area (Å²) in [6.45, 7) is 0. The largest absolute Gasteiger partial charge is 0.359 e. The van der Waals surface area contributed by atoms with Crippen LogP contribution in [-0.2, 0) is 9.05 Å². The zero-order valence-corrected chi connectivity index (χ0v) is 11.1. The van der Waals surface area contributed by atoms with Crippen molar-refractivity contribution in [2.24, 2.45) is 0 Å². The first-order valence-corrected chi connectivity index (χ1v) is 7.69. The van der Waals surface area contributed by atoms with E-state index in [4.69, 9.17) is 10.7 Å². The van der Waals surface area contributed by atoms with Gasteiger partial charge >= 0.3 is 0 Å². The first-order chi connectivity index (χ1) is 9.07. The van der Waals surface area contributed by atoms with E-state index in [1.54, 1.807) is 30.7 Å². The molecule has 1 N–H and O–H groups in total. The number of halogens is 1. The zero-order valence-electron chi connectivity index (χ0n) is 9.54. The number of aromatic nitrogens is 3. The Hall–Kier alpha value is -1.92. The molecule has 0 saturated heterocycles. The van der Waals surface area contributed by atoms with Crippen LogP contribution in [0.4, 0.5) is 0 Å². The monoisotopic (exact) mass is 293 g/mol. The second-order valence-electron chi connectivity index (χ2n) is 3.91. The van der Waals surface area contributed by atoms with E-state index in [1.165, 1.54) is 6.20 Å². The Kier molecular flexibility index (Phi) is 2.76. The van der Waals surface area contributed by atoms with Gasteiger partial charge in [-0.2, -0.15) is 0 Å². The van der Waals surface area contributed by atoms with E-state index in [9.17, 15) is 8.42 Å². The number of nitrogens with one attached hydrogen (secondary N) is 1. The fourth-order valence-corrected chi connectivity index (χ4v) is 3.00. The number of fused-ring (bicyclic) bond motifs is 1. The van der Waals surface area contributed by atoms with Gasteiger partial charge in [-0.25, -0.2) is 8.42 Å². The molecular weight excluding hydrogens is 286 g/mol. The summed E-state index contributed by atoms with van der Waals surface area (Å²) in [6, 6.07) is 5.29. The highest BCUT2D eigenvalue weighted by Gasteiger charge is 2.18. The lowest BCUT2D eigenvalue weighted by atomic mass is 10.1. The lowest BCUT2D eigenvalue weighted by Crippen LogP contribution is -1.88. The summed E-state index contributed by atoms with van der Waals surface area (Å²) in [7, 11) is 1.62. The minimum Gasteiger partial charge on any atom is -0.359 e. The van der Waals surface area contributed by atoms with Crippen molar-refractivity contribution in [2.45, 2.75) is 4.90 Å². The molecule has 2 aromatic heterocycles. The normalized spacial score (nSPS) is 11.8. The van der Waals surface area contributed by atoms with Crippen LogP contribution in [0.2, 0.25) is 0 Å². The van der Waals surface area contributed by atoms with Crippen molar-refractivity contribution in [1.29, 1.82) is 0 Å². The average molecular weight is 294 g/mol. The first-order valence-electron chi connectivity index (χ1n) is 5.38. The Balaban J connectivity index is 2.33. The van der Waals surface area contributed by atoms with E-state index in [2.05, 4.69) is 15.0 Å². The molecule has 0 aliphatic rings. The van der Waals surface area contributed by atoms with Crippen LogP contribution >= 0.6 is 10.7 Å². The molecule has 0 aliphatic carbocycles. The summed E-state index contributed by atoms with van der Waals surface area (Å²) < 4.78 is 22.9. The van der Waals surface area contributed by atoms with Crippen molar-refractivity contribution in [3.05, 3.63) is 43.0 Å². The predicted octanol–water partition coefficient (Wildman–Crippen LogP) is 2.55. The molecule has 0 amide bonds. The van der Waals surface area contributed by atoms with E-state index in [1.807, 2.05) is 6.07 Å². The summed E-state index contributed by atoms with van der Waals surface area (Å²) in [6.07, 6.45) is 6.15. The Morgan fingerprint density at radius 2 is 2.05 bits per heavy atom. The van der Waals surface area contributed by atoms with Gasteiger partial charge in [0, 0.05) is 40.2 Å². The zero-order chi connectivity index (χ0) is 13.5. The Morgan fingerprint density at radius 1 is 1.21 bits per heavy atom. The lowest BCUT2D eigenvalue weighted by molar-refractivity contribution is 0.610. The smallest absolute Gasteiger partial charge is 0.263 e. The van der Waals surface area contributed by atoms with Gasteiger partial charge in [-0.15, -0.1) is 0 Å². The highest BCUT2D eigenvalue weighted by atomic mass is 35.7. The van der Waals surface area contributed by atoms with Gasteiger partial charge in [0.2, 0.25) is 0 Å². The van der Waals surface area contributed by atoms with Gasteiger partial charge in [0.15, 0.2) is 0 Å². The van der Waals surface area contributed by atoms with Gasteiger partial charge in [-0.1, -0.05) is 18.2 Å². The van der Waals surface area contributed by atoms with Crippen molar-refractivity contribution in [3.8, 4) is 11.3 Å². The topological polar surface area (TPSA) is 75.7 Å². The van der Waals surface area contributed by atoms with Gasteiger partial charge in [-0.05, 0) is 0 Å². The minimum atomic E-state index is -3.78. The van der Waals surface area contributed by atoms with Crippen LogP contribution in [0.25, 0.3) is 22.2 Å². The predicted molar refractivity (Wildman–Crippen MR) is 72.4 cm³/mol. The van der Waals surface area contributed by atoms with E-state index < -0.39 is 9.05 Å². The molecule has 0 unspecified atom stereocenters. The molecule has 3 rings (SSSR count). The van der Waals surface area contributed by atoms with Crippen molar-refractivity contribution >= 4 is 30.6 Å². The van der Waals surface area contributed by atoms with Crippen LogP contribution in [-0.4, -0.2) is 23.4 Å². The van der Waals surface area contributed by atoms with Crippen LogP contribution < -0.4 is 0 Å². The molecular formula is C12H8ClN3O2S. The molecule has 19 heavy (non-hydrogen) atoms. The third kappa shape index (κ3) is 2.09. The van der Waals surface area contributed by atoms with E-state index in [-0.39, 0.29) is 4.90 Å². The number of H-pyrrole nitrogens is 1. The first kappa shape index (κ1) is 12.1. The molecule has 5 nitrogen and oxygen atoms in total. The Morgan fingerprint density at radius 3 is 2.74 bits per heavy atom. The van der Waals surface area contributed by atoms with Gasteiger partial charge in [0.1, 0.15) is 4.90 Å². The number of benzene rings is 1. The fraction of sp³-hybridized carbons (Fsp3) is 0. The molecule has 0 atom stereocenters. The van der Waals surface area contributed by atoms with E-state index >= 15 is 0 Å². The van der Waals surface area contributed by atoms with E-state index in [0.29, 0.717) is 16.6 Å². The summed E-state index contributed by atoms with van der Waals surface area (Å²) in [5, 5.41) is 0.540. The maximum Gasteiger partial charge on any atom is 0.263 e. The molecule has 2 heterocycles. The van der Waals surface area contributed by atoms with Crippen molar-refractivity contribution in [2.75, 3.05) is 0 Å². The van der Waals surface area contributed by atoms with E-state index in [0.717, 1.165) is 5.56 Å². The molecule has 3 aromatic rings. The highest BCUT2D eigenvalue weighted by Crippen LogP contribution is 2.31. The number of hydrogen-bond acceptors (Lipinski definition) is 4. The van der Waals surface area contributed by atoms with Crippen molar-refractivity contribution in [1.82, 2.24) is 15.0 Å². The number of para-hydroxylation sites is 1. The molecule has 96 valence electrons. The fourth-order valence-electron chi connectivity index (χ4n) is 1.98. The molecule has 7 heteroatoms.